The second-order valence-corrected chi connectivity index (χ2v) is 13.8. The molecule has 0 bridgehead atoms. The normalized spacial score (nSPS) is 17.3. The fourth-order valence-corrected chi connectivity index (χ4v) is 4.74. The number of isothiocyanates is 1. The first kappa shape index (κ1) is 20.3. The summed E-state index contributed by atoms with van der Waals surface area (Å²) in [4.78, 5) is 17.3. The van der Waals surface area contributed by atoms with Crippen molar-refractivity contribution in [1.82, 2.24) is 4.90 Å². The Morgan fingerprint density at radius 3 is 2.52 bits per heavy atom. The van der Waals surface area contributed by atoms with Crippen LogP contribution in [0, 0.1) is 5.92 Å². The first-order valence-corrected chi connectivity index (χ1v) is 13.0. The van der Waals surface area contributed by atoms with Crippen molar-refractivity contribution in [1.29, 1.82) is 0 Å². The van der Waals surface area contributed by atoms with Crippen molar-refractivity contribution in [2.24, 2.45) is 10.9 Å². The minimum absolute atomic E-state index is 0.0291. The van der Waals surface area contributed by atoms with Gasteiger partial charge in [-0.2, -0.15) is 0 Å². The molecule has 1 aliphatic carbocycles. The molecule has 0 saturated heterocycles. The predicted molar refractivity (Wildman–Crippen MR) is 102 cm³/mol. The average molecular weight is 357 g/mol. The Bertz CT molecular complexity index is 413. The van der Waals surface area contributed by atoms with Gasteiger partial charge in [0.2, 0.25) is 0 Å². The summed E-state index contributed by atoms with van der Waals surface area (Å²) in [7, 11) is -1.12. The SMILES string of the molecule is C[Si](C)(C)CCCN(C[C@H](CC1CCCCC1)N=C=S)C(=O)O. The van der Waals surface area contributed by atoms with Crippen LogP contribution in [0.15, 0.2) is 4.99 Å². The van der Waals surface area contributed by atoms with Crippen LogP contribution in [0.1, 0.15) is 44.9 Å². The molecule has 4 nitrogen and oxygen atoms in total. The zero-order chi connectivity index (χ0) is 17.3. The van der Waals surface area contributed by atoms with Gasteiger partial charge in [0.1, 0.15) is 0 Å². The van der Waals surface area contributed by atoms with E-state index in [9.17, 15) is 9.90 Å². The van der Waals surface area contributed by atoms with Crippen LogP contribution >= 0.6 is 12.2 Å². The molecule has 0 unspecified atom stereocenters. The molecule has 1 fully saturated rings. The van der Waals surface area contributed by atoms with Crippen molar-refractivity contribution < 1.29 is 9.90 Å². The second-order valence-electron chi connectivity index (χ2n) is 8.01. The summed E-state index contributed by atoms with van der Waals surface area (Å²) in [6, 6.07) is 1.12. The molecule has 1 atom stereocenters. The lowest BCUT2D eigenvalue weighted by atomic mass is 9.85. The Morgan fingerprint density at radius 2 is 2.00 bits per heavy atom. The third kappa shape index (κ3) is 9.23. The molecule has 132 valence electrons. The molecule has 6 heteroatoms. The summed E-state index contributed by atoms with van der Waals surface area (Å²) >= 11 is 4.77. The Morgan fingerprint density at radius 1 is 1.35 bits per heavy atom. The smallest absolute Gasteiger partial charge is 0.407 e. The van der Waals surface area contributed by atoms with Crippen LogP contribution in [0.4, 0.5) is 4.79 Å². The Labute approximate surface area is 147 Å². The summed E-state index contributed by atoms with van der Waals surface area (Å²) in [6.45, 7) is 8.02. The lowest BCUT2D eigenvalue weighted by Crippen LogP contribution is -2.38. The topological polar surface area (TPSA) is 52.9 Å². The van der Waals surface area contributed by atoms with Crippen LogP contribution in [0.2, 0.25) is 25.7 Å². The van der Waals surface area contributed by atoms with Crippen LogP contribution in [-0.4, -0.2) is 48.5 Å². The second kappa shape index (κ2) is 10.2. The average Bonchev–Trinajstić information content (AvgIpc) is 2.46. The summed E-state index contributed by atoms with van der Waals surface area (Å²) < 4.78 is 0. The van der Waals surface area contributed by atoms with Gasteiger partial charge in [0.05, 0.1) is 11.2 Å². The maximum absolute atomic E-state index is 11.5. The van der Waals surface area contributed by atoms with Crippen molar-refractivity contribution in [3.05, 3.63) is 0 Å². The Balaban J connectivity index is 2.54. The first-order valence-electron chi connectivity index (χ1n) is 8.86. The van der Waals surface area contributed by atoms with Gasteiger partial charge in [0.25, 0.3) is 0 Å². The predicted octanol–water partition coefficient (Wildman–Crippen LogP) is 5.14. The van der Waals surface area contributed by atoms with Gasteiger partial charge in [-0.1, -0.05) is 57.8 Å². The highest BCUT2D eigenvalue weighted by atomic mass is 32.1. The van der Waals surface area contributed by atoms with E-state index < -0.39 is 14.2 Å². The number of thiocarbonyl (C=S) groups is 1. The molecule has 0 radical (unpaired) electrons. The molecule has 0 spiro atoms. The molecule has 1 rings (SSSR count). The van der Waals surface area contributed by atoms with Crippen molar-refractivity contribution in [2.75, 3.05) is 13.1 Å². The number of rotatable bonds is 9. The van der Waals surface area contributed by atoms with Gasteiger partial charge >= 0.3 is 6.09 Å². The standard InChI is InChI=1S/C17H32N2O2SSi/c1-23(2,3)11-7-10-19(17(20)21)13-16(18-14-22)12-15-8-5-4-6-9-15/h15-16H,4-13H2,1-3H3,(H,20,21)/t16-/m0/s1. The minimum atomic E-state index is -1.12. The fourth-order valence-electron chi connectivity index (χ4n) is 3.37. The van der Waals surface area contributed by atoms with E-state index in [4.69, 9.17) is 12.2 Å². The molecule has 1 N–H and O–H groups in total. The van der Waals surface area contributed by atoms with E-state index in [0.29, 0.717) is 19.0 Å². The number of amides is 1. The van der Waals surface area contributed by atoms with Gasteiger partial charge in [0.15, 0.2) is 0 Å². The molecular weight excluding hydrogens is 324 g/mol. The summed E-state index contributed by atoms with van der Waals surface area (Å²) in [5, 5.41) is 12.0. The van der Waals surface area contributed by atoms with Gasteiger partial charge in [0, 0.05) is 21.2 Å². The Kier molecular flexibility index (Phi) is 9.03. The van der Waals surface area contributed by atoms with Crippen LogP contribution in [0.3, 0.4) is 0 Å². The Hall–Kier alpha value is -0.713. The largest absolute Gasteiger partial charge is 0.465 e. The maximum atomic E-state index is 11.5. The molecule has 0 aromatic carbocycles. The van der Waals surface area contributed by atoms with Gasteiger partial charge in [-0.15, -0.1) is 0 Å². The van der Waals surface area contributed by atoms with Crippen molar-refractivity contribution in [3.63, 3.8) is 0 Å². The number of carbonyl (C=O) groups is 1. The monoisotopic (exact) mass is 356 g/mol. The quantitative estimate of drug-likeness (QED) is 0.354. The molecular formula is C17H32N2O2SSi. The molecule has 0 aromatic rings. The van der Waals surface area contributed by atoms with Gasteiger partial charge in [-0.3, -0.25) is 0 Å². The number of hydrogen-bond donors (Lipinski definition) is 1. The van der Waals surface area contributed by atoms with Gasteiger partial charge < -0.3 is 10.0 Å². The molecule has 1 aliphatic rings. The van der Waals surface area contributed by atoms with Crippen molar-refractivity contribution >= 4 is 31.5 Å². The number of nitrogens with zero attached hydrogens (tertiary/aromatic N) is 2. The number of hydrogen-bond acceptors (Lipinski definition) is 3. The van der Waals surface area contributed by atoms with Crippen LogP contribution in [0.25, 0.3) is 0 Å². The lowest BCUT2D eigenvalue weighted by Gasteiger charge is -2.28. The van der Waals surface area contributed by atoms with E-state index in [1.165, 1.54) is 37.0 Å². The summed E-state index contributed by atoms with van der Waals surface area (Å²) in [5.74, 6) is 0.665. The molecule has 1 saturated carbocycles. The zero-order valence-electron chi connectivity index (χ0n) is 14.9. The van der Waals surface area contributed by atoms with Crippen LogP contribution in [-0.2, 0) is 0 Å². The third-order valence-corrected chi connectivity index (χ3v) is 6.58. The number of carboxylic acid groups (broad SMARTS) is 1. The van der Waals surface area contributed by atoms with Crippen molar-refractivity contribution in [2.45, 2.75) is 76.7 Å². The van der Waals surface area contributed by atoms with Crippen LogP contribution in [0.5, 0.6) is 0 Å². The lowest BCUT2D eigenvalue weighted by molar-refractivity contribution is 0.139. The first-order chi connectivity index (χ1) is 10.8. The zero-order valence-corrected chi connectivity index (χ0v) is 16.7. The molecule has 23 heavy (non-hydrogen) atoms. The molecule has 0 heterocycles. The molecule has 1 amide bonds. The van der Waals surface area contributed by atoms with Crippen LogP contribution < -0.4 is 0 Å². The maximum Gasteiger partial charge on any atom is 0.407 e. The van der Waals surface area contributed by atoms with E-state index in [2.05, 4.69) is 29.8 Å². The highest BCUT2D eigenvalue weighted by molar-refractivity contribution is 7.78. The highest BCUT2D eigenvalue weighted by Gasteiger charge is 2.23. The fraction of sp³-hybridized carbons (Fsp3) is 0.882. The highest BCUT2D eigenvalue weighted by Crippen LogP contribution is 2.28. The summed E-state index contributed by atoms with van der Waals surface area (Å²) in [5.41, 5.74) is 0. The van der Waals surface area contributed by atoms with E-state index in [1.54, 1.807) is 0 Å². The summed E-state index contributed by atoms with van der Waals surface area (Å²) in [6.07, 6.45) is 7.44. The van der Waals surface area contributed by atoms with E-state index >= 15 is 0 Å². The number of aliphatic imine (C=N–C) groups is 1. The van der Waals surface area contributed by atoms with Gasteiger partial charge in [-0.05, 0) is 31.0 Å². The third-order valence-electron chi connectivity index (χ3n) is 4.62. The van der Waals surface area contributed by atoms with Gasteiger partial charge in [-0.25, -0.2) is 9.79 Å². The van der Waals surface area contributed by atoms with E-state index in [1.807, 2.05) is 0 Å². The minimum Gasteiger partial charge on any atom is -0.465 e. The van der Waals surface area contributed by atoms with E-state index in [-0.39, 0.29) is 6.04 Å². The molecule has 0 aliphatic heterocycles. The van der Waals surface area contributed by atoms with Crippen molar-refractivity contribution in [3.8, 4) is 0 Å². The molecule has 0 aromatic heterocycles. The van der Waals surface area contributed by atoms with E-state index in [0.717, 1.165) is 18.9 Å².